The van der Waals surface area contributed by atoms with Crippen molar-refractivity contribution in [3.8, 4) is 5.69 Å². The van der Waals surface area contributed by atoms with Gasteiger partial charge >= 0.3 is 5.97 Å². The van der Waals surface area contributed by atoms with Gasteiger partial charge in [0.05, 0.1) is 11.3 Å². The molecule has 6 heteroatoms. The predicted octanol–water partition coefficient (Wildman–Crippen LogP) is 3.68. The van der Waals surface area contributed by atoms with Gasteiger partial charge in [0.25, 0.3) is 0 Å². The molecule has 104 valence electrons. The van der Waals surface area contributed by atoms with Crippen molar-refractivity contribution in [3.05, 3.63) is 60.4 Å². The number of carboxylic acids is 1. The van der Waals surface area contributed by atoms with E-state index in [1.165, 1.54) is 12.1 Å². The van der Waals surface area contributed by atoms with E-state index in [4.69, 9.17) is 0 Å². The van der Waals surface area contributed by atoms with Crippen LogP contribution in [0.4, 0.5) is 0 Å². The van der Waals surface area contributed by atoms with Crippen molar-refractivity contribution in [1.29, 1.82) is 0 Å². The maximum absolute atomic E-state index is 11.5. The number of aryl methyl sites for hydroxylation is 2. The lowest BCUT2D eigenvalue weighted by Crippen LogP contribution is -2.15. The van der Waals surface area contributed by atoms with Gasteiger partial charge in [-0.3, -0.25) is 4.79 Å². The zero-order chi connectivity index (χ0) is 15.0. The largest absolute Gasteiger partial charge is 0.478 e. The average molecular weight is 401 g/mol. The number of hydrogen-bond acceptors (Lipinski definition) is 2. The summed E-state index contributed by atoms with van der Waals surface area (Å²) < 4.78 is 3.06. The third-order valence-corrected chi connectivity index (χ3v) is 3.95. The van der Waals surface area contributed by atoms with Crippen LogP contribution in [0.3, 0.4) is 0 Å². The van der Waals surface area contributed by atoms with Crippen molar-refractivity contribution in [2.75, 3.05) is 0 Å². The van der Waals surface area contributed by atoms with E-state index in [1.54, 1.807) is 30.5 Å². The van der Waals surface area contributed by atoms with Gasteiger partial charge in [0.2, 0.25) is 0 Å². The van der Waals surface area contributed by atoms with Crippen molar-refractivity contribution < 1.29 is 9.90 Å². The van der Waals surface area contributed by atoms with Crippen LogP contribution in [0.15, 0.2) is 38.0 Å². The Labute approximate surface area is 132 Å². The highest BCUT2D eigenvalue weighted by Crippen LogP contribution is 2.31. The Morgan fingerprint density at radius 1 is 1.10 bits per heavy atom. The van der Waals surface area contributed by atoms with E-state index in [0.29, 0.717) is 26.0 Å². The zero-order valence-corrected chi connectivity index (χ0v) is 13.9. The number of carboxylic acid groups (broad SMARTS) is 1. The molecule has 0 atom stereocenters. The van der Waals surface area contributed by atoms with Crippen LogP contribution in [0.2, 0.25) is 0 Å². The van der Waals surface area contributed by atoms with E-state index in [0.717, 1.165) is 0 Å². The third kappa shape index (κ3) is 2.71. The molecule has 1 aromatic carbocycles. The van der Waals surface area contributed by atoms with Crippen LogP contribution in [-0.2, 0) is 0 Å². The summed E-state index contributed by atoms with van der Waals surface area (Å²) in [5, 5.41) is 9.40. The highest BCUT2D eigenvalue weighted by molar-refractivity contribution is 9.11. The lowest BCUT2D eigenvalue weighted by molar-refractivity contribution is 0.0696. The van der Waals surface area contributed by atoms with Crippen LogP contribution in [-0.4, -0.2) is 15.6 Å². The molecule has 1 heterocycles. The van der Waals surface area contributed by atoms with Crippen molar-refractivity contribution in [1.82, 2.24) is 4.57 Å². The molecule has 0 aliphatic heterocycles. The van der Waals surface area contributed by atoms with Crippen LogP contribution in [0, 0.1) is 13.8 Å². The Bertz CT molecular complexity index is 739. The fraction of sp³-hybridized carbons (Fsp3) is 0.143. The predicted molar refractivity (Wildman–Crippen MR) is 83.9 cm³/mol. The molecule has 0 unspecified atom stereocenters. The molecule has 0 aliphatic carbocycles. The molecule has 0 amide bonds. The molecule has 1 N–H and O–H groups in total. The van der Waals surface area contributed by atoms with Crippen molar-refractivity contribution in [3.63, 3.8) is 0 Å². The quantitative estimate of drug-likeness (QED) is 0.836. The number of halogens is 2. The minimum Gasteiger partial charge on any atom is -0.478 e. The van der Waals surface area contributed by atoms with Gasteiger partial charge in [0, 0.05) is 32.5 Å². The van der Waals surface area contributed by atoms with Crippen molar-refractivity contribution in [2.24, 2.45) is 0 Å². The second-order valence-electron chi connectivity index (χ2n) is 4.40. The molecule has 20 heavy (non-hydrogen) atoms. The van der Waals surface area contributed by atoms with E-state index in [1.807, 2.05) is 0 Å². The van der Waals surface area contributed by atoms with Crippen LogP contribution >= 0.6 is 31.9 Å². The third-order valence-electron chi connectivity index (χ3n) is 2.89. The number of aromatic carboxylic acids is 1. The van der Waals surface area contributed by atoms with Gasteiger partial charge in [0.15, 0.2) is 5.43 Å². The lowest BCUT2D eigenvalue weighted by Gasteiger charge is -2.18. The summed E-state index contributed by atoms with van der Waals surface area (Å²) in [4.78, 5) is 23.0. The first-order chi connectivity index (χ1) is 9.31. The maximum atomic E-state index is 11.5. The molecule has 4 nitrogen and oxygen atoms in total. The summed E-state index contributed by atoms with van der Waals surface area (Å²) in [7, 11) is 0. The molecular weight excluding hydrogens is 390 g/mol. The van der Waals surface area contributed by atoms with Gasteiger partial charge in [-0.1, -0.05) is 15.9 Å². The van der Waals surface area contributed by atoms with Gasteiger partial charge in [-0.25, -0.2) is 4.79 Å². The van der Waals surface area contributed by atoms with Gasteiger partial charge in [-0.05, 0) is 41.9 Å². The van der Waals surface area contributed by atoms with E-state index >= 15 is 0 Å². The molecule has 0 saturated carbocycles. The lowest BCUT2D eigenvalue weighted by atomic mass is 10.1. The molecule has 1 aromatic heterocycles. The SMILES string of the molecule is Cc1cc(=O)cc(C)n1-c1c(Br)cc(Br)cc1C(=O)O. The molecule has 0 bridgehead atoms. The van der Waals surface area contributed by atoms with Crippen LogP contribution in [0.25, 0.3) is 5.69 Å². The average Bonchev–Trinajstić information content (AvgIpc) is 2.29. The normalized spacial score (nSPS) is 10.6. The molecule has 0 aliphatic rings. The molecule has 0 radical (unpaired) electrons. The smallest absolute Gasteiger partial charge is 0.337 e. The van der Waals surface area contributed by atoms with Crippen LogP contribution in [0.1, 0.15) is 21.7 Å². The zero-order valence-electron chi connectivity index (χ0n) is 10.8. The minimum absolute atomic E-state index is 0.0960. The van der Waals surface area contributed by atoms with Crippen LogP contribution < -0.4 is 5.43 Å². The van der Waals surface area contributed by atoms with Crippen molar-refractivity contribution >= 4 is 37.8 Å². The maximum Gasteiger partial charge on any atom is 0.337 e. The minimum atomic E-state index is -1.03. The van der Waals surface area contributed by atoms with Crippen molar-refractivity contribution in [2.45, 2.75) is 13.8 Å². The summed E-state index contributed by atoms with van der Waals surface area (Å²) in [6.45, 7) is 3.54. The standard InChI is InChI=1S/C14H11Br2NO3/c1-7-3-10(18)4-8(2)17(7)13-11(14(19)20)5-9(15)6-12(13)16/h3-6H,1-2H3,(H,19,20). The Morgan fingerprint density at radius 3 is 2.15 bits per heavy atom. The number of nitrogens with zero attached hydrogens (tertiary/aromatic N) is 1. The summed E-state index contributed by atoms with van der Waals surface area (Å²) in [5.74, 6) is -1.03. The second-order valence-corrected chi connectivity index (χ2v) is 6.17. The highest BCUT2D eigenvalue weighted by atomic mass is 79.9. The summed E-state index contributed by atoms with van der Waals surface area (Å²) in [6, 6.07) is 6.28. The van der Waals surface area contributed by atoms with Crippen LogP contribution in [0.5, 0.6) is 0 Å². The van der Waals surface area contributed by atoms with E-state index < -0.39 is 5.97 Å². The highest BCUT2D eigenvalue weighted by Gasteiger charge is 2.18. The Hall–Kier alpha value is -1.40. The molecule has 0 fully saturated rings. The molecule has 0 saturated heterocycles. The fourth-order valence-corrected chi connectivity index (χ4v) is 3.57. The first-order valence-corrected chi connectivity index (χ1v) is 7.33. The Morgan fingerprint density at radius 2 is 1.65 bits per heavy atom. The number of carbonyl (C=O) groups is 1. The number of benzene rings is 1. The van der Waals surface area contributed by atoms with Gasteiger partial charge in [0.1, 0.15) is 0 Å². The fourth-order valence-electron chi connectivity index (χ4n) is 2.17. The Kier molecular flexibility index (Phi) is 4.15. The molecule has 2 aromatic rings. The molecule has 0 spiro atoms. The summed E-state index contributed by atoms with van der Waals surface area (Å²) >= 11 is 6.68. The Balaban J connectivity index is 2.89. The number of rotatable bonds is 2. The summed E-state index contributed by atoms with van der Waals surface area (Å²) in [6.07, 6.45) is 0. The van der Waals surface area contributed by atoms with E-state index in [9.17, 15) is 14.7 Å². The monoisotopic (exact) mass is 399 g/mol. The molecular formula is C14H11Br2NO3. The second kappa shape index (κ2) is 5.54. The number of hydrogen-bond donors (Lipinski definition) is 1. The van der Waals surface area contributed by atoms with E-state index in [-0.39, 0.29) is 11.0 Å². The molecule has 2 rings (SSSR count). The van der Waals surface area contributed by atoms with Gasteiger partial charge < -0.3 is 9.67 Å². The first kappa shape index (κ1) is 15.0. The number of pyridine rings is 1. The van der Waals surface area contributed by atoms with Gasteiger partial charge in [-0.15, -0.1) is 0 Å². The van der Waals surface area contributed by atoms with E-state index in [2.05, 4.69) is 31.9 Å². The first-order valence-electron chi connectivity index (χ1n) is 5.74. The van der Waals surface area contributed by atoms with Gasteiger partial charge in [-0.2, -0.15) is 0 Å². The summed E-state index contributed by atoms with van der Waals surface area (Å²) in [5.41, 5.74) is 1.93. The topological polar surface area (TPSA) is 59.3 Å². The number of aromatic nitrogens is 1.